The van der Waals surface area contributed by atoms with E-state index < -0.39 is 17.8 Å². The number of barbiturate groups is 1. The van der Waals surface area contributed by atoms with Gasteiger partial charge in [-0.3, -0.25) is 14.9 Å². The third-order valence-corrected chi connectivity index (χ3v) is 6.13. The molecule has 1 N–H and O–H groups in total. The van der Waals surface area contributed by atoms with Gasteiger partial charge >= 0.3 is 6.03 Å². The van der Waals surface area contributed by atoms with Crippen molar-refractivity contribution in [1.82, 2.24) is 5.32 Å². The molecule has 0 aliphatic carbocycles. The number of rotatable bonds is 7. The van der Waals surface area contributed by atoms with Gasteiger partial charge in [-0.2, -0.15) is 0 Å². The van der Waals surface area contributed by atoms with Crippen LogP contribution < -0.4 is 19.7 Å². The van der Waals surface area contributed by atoms with Gasteiger partial charge < -0.3 is 9.47 Å². The molecule has 1 aliphatic heterocycles. The van der Waals surface area contributed by atoms with Crippen molar-refractivity contribution < 1.29 is 23.9 Å². The first-order valence-electron chi connectivity index (χ1n) is 10.7. The van der Waals surface area contributed by atoms with E-state index in [2.05, 4.69) is 37.2 Å². The van der Waals surface area contributed by atoms with Crippen molar-refractivity contribution in [3.63, 3.8) is 0 Å². The Morgan fingerprint density at radius 1 is 0.857 bits per heavy atom. The highest BCUT2D eigenvalue weighted by atomic mass is 79.9. The summed E-state index contributed by atoms with van der Waals surface area (Å²) >= 11 is 6.74. The first kappa shape index (κ1) is 24.7. The minimum Gasteiger partial charge on any atom is -0.490 e. The Hall–Kier alpha value is -3.43. The molecule has 1 saturated heterocycles. The maximum Gasteiger partial charge on any atom is 0.335 e. The molecule has 0 atom stereocenters. The number of hydrogen-bond acceptors (Lipinski definition) is 5. The van der Waals surface area contributed by atoms with Crippen LogP contribution in [0.3, 0.4) is 0 Å². The fourth-order valence-corrected chi connectivity index (χ4v) is 3.92. The second kappa shape index (κ2) is 10.9. The van der Waals surface area contributed by atoms with Crippen LogP contribution in [0, 0.1) is 0 Å². The molecule has 0 radical (unpaired) electrons. The van der Waals surface area contributed by atoms with E-state index in [1.165, 1.54) is 6.08 Å². The van der Waals surface area contributed by atoms with Gasteiger partial charge in [0.1, 0.15) is 12.2 Å². The lowest BCUT2D eigenvalue weighted by Gasteiger charge is -2.26. The van der Waals surface area contributed by atoms with E-state index in [9.17, 15) is 14.4 Å². The van der Waals surface area contributed by atoms with E-state index in [-0.39, 0.29) is 5.57 Å². The van der Waals surface area contributed by atoms with Crippen LogP contribution in [0.25, 0.3) is 6.08 Å². The summed E-state index contributed by atoms with van der Waals surface area (Å²) in [5, 5.41) is 2.22. The Labute approximate surface area is 219 Å². The molecule has 9 heteroatoms. The first-order valence-corrected chi connectivity index (χ1v) is 12.3. The van der Waals surface area contributed by atoms with E-state index in [1.54, 1.807) is 42.5 Å². The molecular formula is C26H20Br2N2O5. The summed E-state index contributed by atoms with van der Waals surface area (Å²) in [6.45, 7) is 2.60. The Kier molecular flexibility index (Phi) is 7.67. The van der Waals surface area contributed by atoms with Crippen LogP contribution in [0.2, 0.25) is 0 Å². The number of nitrogens with zero attached hydrogens (tertiary/aromatic N) is 1. The predicted octanol–water partition coefficient (Wildman–Crippen LogP) is 5.86. The number of imide groups is 2. The van der Waals surface area contributed by atoms with Gasteiger partial charge in [-0.15, -0.1) is 0 Å². The molecule has 1 aliphatic rings. The minimum absolute atomic E-state index is 0.168. The number of amides is 4. The van der Waals surface area contributed by atoms with Crippen LogP contribution in [0.1, 0.15) is 18.1 Å². The number of urea groups is 1. The molecule has 3 aromatic carbocycles. The van der Waals surface area contributed by atoms with E-state index in [0.29, 0.717) is 36.0 Å². The standard InChI is InChI=1S/C26H20Br2N2O5/c1-2-34-23-14-17(5-12-22(23)35-15-16-3-6-18(27)7-4-16)13-21-24(31)29-26(33)30(25(21)32)20-10-8-19(28)9-11-20/h3-14H,2,15H2,1H3,(H,29,31,33)/b21-13+. The number of benzene rings is 3. The van der Waals surface area contributed by atoms with Crippen LogP contribution >= 0.6 is 31.9 Å². The van der Waals surface area contributed by atoms with Gasteiger partial charge in [0.15, 0.2) is 11.5 Å². The number of carbonyl (C=O) groups excluding carboxylic acids is 3. The number of halogens is 2. The molecule has 35 heavy (non-hydrogen) atoms. The molecule has 178 valence electrons. The van der Waals surface area contributed by atoms with Crippen LogP contribution in [-0.4, -0.2) is 24.5 Å². The van der Waals surface area contributed by atoms with E-state index >= 15 is 0 Å². The Balaban J connectivity index is 1.60. The van der Waals surface area contributed by atoms with Gasteiger partial charge in [-0.05, 0) is 72.7 Å². The largest absolute Gasteiger partial charge is 0.490 e. The maximum absolute atomic E-state index is 13.1. The zero-order chi connectivity index (χ0) is 24.9. The van der Waals surface area contributed by atoms with Gasteiger partial charge in [-0.1, -0.05) is 50.1 Å². The van der Waals surface area contributed by atoms with Gasteiger partial charge in [0.05, 0.1) is 12.3 Å². The maximum atomic E-state index is 13.1. The van der Waals surface area contributed by atoms with Gasteiger partial charge in [0.2, 0.25) is 0 Å². The molecule has 0 spiro atoms. The van der Waals surface area contributed by atoms with Gasteiger partial charge in [0.25, 0.3) is 11.8 Å². The predicted molar refractivity (Wildman–Crippen MR) is 139 cm³/mol. The van der Waals surface area contributed by atoms with Crippen molar-refractivity contribution >= 4 is 61.5 Å². The van der Waals surface area contributed by atoms with Crippen LogP contribution in [0.5, 0.6) is 11.5 Å². The molecule has 0 bridgehead atoms. The topological polar surface area (TPSA) is 84.9 Å². The van der Waals surface area contributed by atoms with Crippen molar-refractivity contribution in [2.24, 2.45) is 0 Å². The molecule has 0 aromatic heterocycles. The second-order valence-electron chi connectivity index (χ2n) is 7.49. The lowest BCUT2D eigenvalue weighted by Crippen LogP contribution is -2.54. The molecule has 4 rings (SSSR count). The third-order valence-electron chi connectivity index (χ3n) is 5.07. The normalized spacial score (nSPS) is 14.8. The van der Waals surface area contributed by atoms with Crippen molar-refractivity contribution in [3.05, 3.63) is 92.4 Å². The van der Waals surface area contributed by atoms with E-state index in [0.717, 1.165) is 19.4 Å². The molecule has 1 fully saturated rings. The lowest BCUT2D eigenvalue weighted by atomic mass is 10.1. The molecule has 4 amide bonds. The summed E-state index contributed by atoms with van der Waals surface area (Å²) in [4.78, 5) is 38.9. The summed E-state index contributed by atoms with van der Waals surface area (Å²) in [6, 6.07) is 18.7. The van der Waals surface area contributed by atoms with Crippen molar-refractivity contribution in [2.75, 3.05) is 11.5 Å². The van der Waals surface area contributed by atoms with Crippen LogP contribution in [0.4, 0.5) is 10.5 Å². The number of carbonyl (C=O) groups is 3. The zero-order valence-corrected chi connectivity index (χ0v) is 21.8. The van der Waals surface area contributed by atoms with E-state index in [1.807, 2.05) is 31.2 Å². The minimum atomic E-state index is -0.800. The highest BCUT2D eigenvalue weighted by Crippen LogP contribution is 2.31. The quantitative estimate of drug-likeness (QED) is 0.272. The first-order chi connectivity index (χ1) is 16.9. The summed E-state index contributed by atoms with van der Waals surface area (Å²) in [7, 11) is 0. The van der Waals surface area contributed by atoms with Crippen molar-refractivity contribution in [3.8, 4) is 11.5 Å². The second-order valence-corrected chi connectivity index (χ2v) is 9.32. The van der Waals surface area contributed by atoms with Crippen LogP contribution in [0.15, 0.2) is 81.2 Å². The number of ether oxygens (including phenoxy) is 2. The average molecular weight is 600 g/mol. The molecule has 7 nitrogen and oxygen atoms in total. The molecule has 0 unspecified atom stereocenters. The monoisotopic (exact) mass is 598 g/mol. The van der Waals surface area contributed by atoms with Gasteiger partial charge in [0, 0.05) is 8.95 Å². The lowest BCUT2D eigenvalue weighted by molar-refractivity contribution is -0.122. The summed E-state index contributed by atoms with van der Waals surface area (Å²) in [5.41, 5.74) is 1.72. The Morgan fingerprint density at radius 2 is 1.51 bits per heavy atom. The smallest absolute Gasteiger partial charge is 0.335 e. The Morgan fingerprint density at radius 3 is 2.17 bits per heavy atom. The fraction of sp³-hybridized carbons (Fsp3) is 0.115. The SMILES string of the molecule is CCOc1cc(/C=C2\C(=O)NC(=O)N(c3ccc(Br)cc3)C2=O)ccc1OCc1ccc(Br)cc1. The molecule has 0 saturated carbocycles. The average Bonchev–Trinajstić information content (AvgIpc) is 2.83. The number of nitrogens with one attached hydrogen (secondary N) is 1. The van der Waals surface area contributed by atoms with Crippen LogP contribution in [-0.2, 0) is 16.2 Å². The number of anilines is 1. The summed E-state index contributed by atoms with van der Waals surface area (Å²) in [6.07, 6.45) is 1.43. The van der Waals surface area contributed by atoms with E-state index in [4.69, 9.17) is 9.47 Å². The van der Waals surface area contributed by atoms with Gasteiger partial charge in [-0.25, -0.2) is 9.69 Å². The fourth-order valence-electron chi connectivity index (χ4n) is 3.39. The summed E-state index contributed by atoms with van der Waals surface area (Å²) < 4.78 is 13.4. The number of hydrogen-bond donors (Lipinski definition) is 1. The highest BCUT2D eigenvalue weighted by molar-refractivity contribution is 9.10. The molecule has 1 heterocycles. The molecular weight excluding hydrogens is 580 g/mol. The molecule has 3 aromatic rings. The summed E-state index contributed by atoms with van der Waals surface area (Å²) in [5.74, 6) is -0.469. The Bertz CT molecular complexity index is 1300. The highest BCUT2D eigenvalue weighted by Gasteiger charge is 2.36. The zero-order valence-electron chi connectivity index (χ0n) is 18.6. The third kappa shape index (κ3) is 5.80. The van der Waals surface area contributed by atoms with Crippen molar-refractivity contribution in [2.45, 2.75) is 13.5 Å². The van der Waals surface area contributed by atoms with Crippen molar-refractivity contribution in [1.29, 1.82) is 0 Å².